The number of benzene rings is 1. The van der Waals surface area contributed by atoms with Crippen molar-refractivity contribution < 1.29 is 4.74 Å². The molecule has 1 aliphatic rings. The molecule has 1 aliphatic heterocycles. The van der Waals surface area contributed by atoms with Crippen LogP contribution in [0.4, 0.5) is 0 Å². The molecule has 0 bridgehead atoms. The van der Waals surface area contributed by atoms with Crippen molar-refractivity contribution >= 4 is 0 Å². The molecule has 106 valence electrons. The van der Waals surface area contributed by atoms with Gasteiger partial charge >= 0.3 is 0 Å². The fourth-order valence-electron chi connectivity index (χ4n) is 2.58. The van der Waals surface area contributed by atoms with Crippen molar-refractivity contribution in [2.45, 2.75) is 25.9 Å². The summed E-state index contributed by atoms with van der Waals surface area (Å²) in [4.78, 5) is 3.98. The molecule has 0 spiro atoms. The van der Waals surface area contributed by atoms with Crippen LogP contribution in [0.3, 0.4) is 0 Å². The third-order valence-corrected chi connectivity index (χ3v) is 3.80. The molecule has 1 saturated heterocycles. The number of nitrogens with zero attached hydrogens (tertiary/aromatic N) is 3. The molecule has 3 rings (SSSR count). The highest BCUT2D eigenvalue weighted by Gasteiger charge is 2.20. The minimum Gasteiger partial charge on any atom is -0.381 e. The number of nitrogens with one attached hydrogen (secondary N) is 1. The lowest BCUT2D eigenvalue weighted by atomic mass is 9.97. The standard InChI is InChI=1S/C15H20N4O/c1-12-9-20-6-5-15(12)17-8-13-3-2-4-14(7-13)19-11-16-10-18-19/h2-4,7,10-12,15,17H,5-6,8-9H2,1H3. The van der Waals surface area contributed by atoms with Crippen molar-refractivity contribution in [2.75, 3.05) is 13.2 Å². The molecule has 20 heavy (non-hydrogen) atoms. The number of hydrogen-bond donors (Lipinski definition) is 1. The summed E-state index contributed by atoms with van der Waals surface area (Å²) in [7, 11) is 0. The Morgan fingerprint density at radius 1 is 1.45 bits per heavy atom. The second-order valence-corrected chi connectivity index (χ2v) is 5.34. The van der Waals surface area contributed by atoms with E-state index in [0.29, 0.717) is 12.0 Å². The number of aromatic nitrogens is 3. The highest BCUT2D eigenvalue weighted by Crippen LogP contribution is 2.15. The minimum atomic E-state index is 0.541. The van der Waals surface area contributed by atoms with Crippen LogP contribution in [-0.4, -0.2) is 34.0 Å². The Bertz CT molecular complexity index is 541. The summed E-state index contributed by atoms with van der Waals surface area (Å²) in [5, 5.41) is 7.79. The summed E-state index contributed by atoms with van der Waals surface area (Å²) in [6, 6.07) is 8.92. The van der Waals surface area contributed by atoms with Gasteiger partial charge in [-0.1, -0.05) is 19.1 Å². The van der Waals surface area contributed by atoms with Crippen molar-refractivity contribution in [1.82, 2.24) is 20.1 Å². The van der Waals surface area contributed by atoms with Gasteiger partial charge in [0, 0.05) is 19.2 Å². The van der Waals surface area contributed by atoms with Gasteiger partial charge in [0.25, 0.3) is 0 Å². The van der Waals surface area contributed by atoms with E-state index in [9.17, 15) is 0 Å². The molecule has 2 unspecified atom stereocenters. The quantitative estimate of drug-likeness (QED) is 0.922. The molecule has 0 aliphatic carbocycles. The van der Waals surface area contributed by atoms with Crippen LogP contribution in [0.5, 0.6) is 0 Å². The van der Waals surface area contributed by atoms with Gasteiger partial charge in [0.1, 0.15) is 12.7 Å². The lowest BCUT2D eigenvalue weighted by Crippen LogP contribution is -2.40. The zero-order chi connectivity index (χ0) is 13.8. The largest absolute Gasteiger partial charge is 0.381 e. The van der Waals surface area contributed by atoms with E-state index in [-0.39, 0.29) is 0 Å². The van der Waals surface area contributed by atoms with E-state index < -0.39 is 0 Å². The van der Waals surface area contributed by atoms with Gasteiger partial charge in [0.05, 0.1) is 12.3 Å². The lowest BCUT2D eigenvalue weighted by molar-refractivity contribution is 0.0386. The normalized spacial score (nSPS) is 22.9. The first-order valence-electron chi connectivity index (χ1n) is 7.08. The average molecular weight is 272 g/mol. The van der Waals surface area contributed by atoms with Crippen LogP contribution in [0.15, 0.2) is 36.9 Å². The minimum absolute atomic E-state index is 0.541. The van der Waals surface area contributed by atoms with E-state index in [1.165, 1.54) is 5.56 Å². The van der Waals surface area contributed by atoms with Crippen LogP contribution in [-0.2, 0) is 11.3 Å². The topological polar surface area (TPSA) is 52.0 Å². The van der Waals surface area contributed by atoms with Crippen molar-refractivity contribution in [1.29, 1.82) is 0 Å². The van der Waals surface area contributed by atoms with Crippen molar-refractivity contribution in [3.63, 3.8) is 0 Å². The van der Waals surface area contributed by atoms with Gasteiger partial charge in [-0.25, -0.2) is 9.67 Å². The van der Waals surface area contributed by atoms with Gasteiger partial charge in [0.15, 0.2) is 0 Å². The summed E-state index contributed by atoms with van der Waals surface area (Å²) in [5.74, 6) is 0.572. The average Bonchev–Trinajstić information content (AvgIpc) is 3.01. The fraction of sp³-hybridized carbons (Fsp3) is 0.467. The van der Waals surface area contributed by atoms with E-state index in [1.807, 2.05) is 6.07 Å². The first-order chi connectivity index (χ1) is 9.83. The second kappa shape index (κ2) is 6.15. The van der Waals surface area contributed by atoms with Crippen LogP contribution in [0.2, 0.25) is 0 Å². The molecule has 1 N–H and O–H groups in total. The Morgan fingerprint density at radius 3 is 3.20 bits per heavy atom. The zero-order valence-electron chi connectivity index (χ0n) is 11.7. The molecule has 0 amide bonds. The molecule has 5 nitrogen and oxygen atoms in total. The maximum Gasteiger partial charge on any atom is 0.138 e. The first-order valence-corrected chi connectivity index (χ1v) is 7.08. The number of hydrogen-bond acceptors (Lipinski definition) is 4. The summed E-state index contributed by atoms with van der Waals surface area (Å²) in [5.41, 5.74) is 2.30. The zero-order valence-corrected chi connectivity index (χ0v) is 11.7. The monoisotopic (exact) mass is 272 g/mol. The van der Waals surface area contributed by atoms with E-state index in [1.54, 1.807) is 17.3 Å². The van der Waals surface area contributed by atoms with Gasteiger partial charge in [0.2, 0.25) is 0 Å². The molecular formula is C15H20N4O. The molecule has 1 aromatic carbocycles. The maximum absolute atomic E-state index is 5.47. The van der Waals surface area contributed by atoms with Gasteiger partial charge in [-0.15, -0.1) is 0 Å². The third kappa shape index (κ3) is 3.05. The smallest absolute Gasteiger partial charge is 0.138 e. The first kappa shape index (κ1) is 13.3. The predicted molar refractivity (Wildman–Crippen MR) is 76.6 cm³/mol. The molecule has 5 heteroatoms. The third-order valence-electron chi connectivity index (χ3n) is 3.80. The predicted octanol–water partition coefficient (Wildman–Crippen LogP) is 1.78. The summed E-state index contributed by atoms with van der Waals surface area (Å²) < 4.78 is 7.25. The Kier molecular flexibility index (Phi) is 4.08. The molecule has 0 saturated carbocycles. The number of ether oxygens (including phenoxy) is 1. The Hall–Kier alpha value is -1.72. The highest BCUT2D eigenvalue weighted by atomic mass is 16.5. The highest BCUT2D eigenvalue weighted by molar-refractivity contribution is 5.34. The van der Waals surface area contributed by atoms with Crippen LogP contribution in [0.1, 0.15) is 18.9 Å². The van der Waals surface area contributed by atoms with E-state index >= 15 is 0 Å². The summed E-state index contributed by atoms with van der Waals surface area (Å²) in [6.45, 7) is 4.83. The molecule has 2 heterocycles. The van der Waals surface area contributed by atoms with Crippen LogP contribution in [0, 0.1) is 5.92 Å². The Morgan fingerprint density at radius 2 is 2.40 bits per heavy atom. The van der Waals surface area contributed by atoms with Crippen LogP contribution < -0.4 is 5.32 Å². The maximum atomic E-state index is 5.47. The van der Waals surface area contributed by atoms with E-state index in [2.05, 4.69) is 40.5 Å². The van der Waals surface area contributed by atoms with Crippen LogP contribution in [0.25, 0.3) is 5.69 Å². The van der Waals surface area contributed by atoms with Crippen LogP contribution >= 0.6 is 0 Å². The van der Waals surface area contributed by atoms with E-state index in [4.69, 9.17) is 4.74 Å². The summed E-state index contributed by atoms with van der Waals surface area (Å²) >= 11 is 0. The van der Waals surface area contributed by atoms with Gasteiger partial charge in [-0.05, 0) is 30.0 Å². The summed E-state index contributed by atoms with van der Waals surface area (Å²) in [6.07, 6.45) is 4.35. The van der Waals surface area contributed by atoms with Crippen molar-refractivity contribution in [3.8, 4) is 5.69 Å². The van der Waals surface area contributed by atoms with Gasteiger partial charge in [-0.2, -0.15) is 5.10 Å². The van der Waals surface area contributed by atoms with Crippen molar-refractivity contribution in [2.24, 2.45) is 5.92 Å². The molecule has 2 atom stereocenters. The molecule has 1 fully saturated rings. The molecular weight excluding hydrogens is 252 g/mol. The van der Waals surface area contributed by atoms with Gasteiger partial charge in [-0.3, -0.25) is 0 Å². The molecule has 0 radical (unpaired) electrons. The fourth-order valence-corrected chi connectivity index (χ4v) is 2.58. The Balaban J connectivity index is 1.64. The van der Waals surface area contributed by atoms with Crippen molar-refractivity contribution in [3.05, 3.63) is 42.5 Å². The Labute approximate surface area is 119 Å². The lowest BCUT2D eigenvalue weighted by Gasteiger charge is -2.29. The van der Waals surface area contributed by atoms with E-state index in [0.717, 1.165) is 31.9 Å². The number of rotatable bonds is 4. The van der Waals surface area contributed by atoms with Gasteiger partial charge < -0.3 is 10.1 Å². The SMILES string of the molecule is CC1COCCC1NCc1cccc(-n2cncn2)c1. The second-order valence-electron chi connectivity index (χ2n) is 5.34. The molecule has 1 aromatic heterocycles. The molecule has 2 aromatic rings.